The van der Waals surface area contributed by atoms with Crippen molar-refractivity contribution in [3.8, 4) is 11.1 Å². The van der Waals surface area contributed by atoms with Crippen LogP contribution in [0.2, 0.25) is 0 Å². The Balaban J connectivity index is 2.05. The van der Waals surface area contributed by atoms with Crippen LogP contribution in [0, 0.1) is 0 Å². The molecule has 2 rings (SSSR count). The Morgan fingerprint density at radius 1 is 0.800 bits per heavy atom. The minimum atomic E-state index is 0.0337. The number of ketones is 2. The van der Waals surface area contributed by atoms with E-state index in [2.05, 4.69) is 0 Å². The van der Waals surface area contributed by atoms with Gasteiger partial charge in [0.1, 0.15) is 5.78 Å². The van der Waals surface area contributed by atoms with Crippen molar-refractivity contribution >= 4 is 11.6 Å². The standard InChI is InChI=1S/C18H18O2/c1-2-17(19)12-13-18(20)16-10-8-15(9-11-16)14-6-4-3-5-7-14/h3-11H,2,12-13H2,1H3. The third kappa shape index (κ3) is 3.64. The predicted molar refractivity (Wildman–Crippen MR) is 80.7 cm³/mol. The summed E-state index contributed by atoms with van der Waals surface area (Å²) in [5.74, 6) is 0.172. The van der Waals surface area contributed by atoms with Gasteiger partial charge in [-0.15, -0.1) is 0 Å². The minimum Gasteiger partial charge on any atom is -0.300 e. The van der Waals surface area contributed by atoms with Gasteiger partial charge in [-0.05, 0) is 11.1 Å². The van der Waals surface area contributed by atoms with Crippen LogP contribution in [0.1, 0.15) is 36.5 Å². The number of carbonyl (C=O) groups excluding carboxylic acids is 2. The van der Waals surface area contributed by atoms with Gasteiger partial charge >= 0.3 is 0 Å². The zero-order valence-electron chi connectivity index (χ0n) is 11.6. The molecule has 0 atom stereocenters. The van der Waals surface area contributed by atoms with Crippen LogP contribution < -0.4 is 0 Å². The molecule has 0 spiro atoms. The quantitative estimate of drug-likeness (QED) is 0.731. The second-order valence-electron chi connectivity index (χ2n) is 4.76. The topological polar surface area (TPSA) is 34.1 Å². The molecule has 0 saturated carbocycles. The highest BCUT2D eigenvalue weighted by atomic mass is 16.1. The van der Waals surface area contributed by atoms with E-state index in [1.807, 2.05) is 61.5 Å². The first-order valence-electron chi connectivity index (χ1n) is 6.91. The van der Waals surface area contributed by atoms with Crippen LogP contribution in [0.3, 0.4) is 0 Å². The van der Waals surface area contributed by atoms with Gasteiger partial charge in [-0.2, -0.15) is 0 Å². The lowest BCUT2D eigenvalue weighted by molar-refractivity contribution is -0.118. The Kier molecular flexibility index (Phi) is 4.83. The molecule has 0 aliphatic heterocycles. The van der Waals surface area contributed by atoms with Crippen molar-refractivity contribution in [3.63, 3.8) is 0 Å². The summed E-state index contributed by atoms with van der Waals surface area (Å²) in [5.41, 5.74) is 2.90. The second-order valence-corrected chi connectivity index (χ2v) is 4.76. The highest BCUT2D eigenvalue weighted by molar-refractivity contribution is 5.98. The molecular weight excluding hydrogens is 248 g/mol. The lowest BCUT2D eigenvalue weighted by Crippen LogP contribution is -2.03. The van der Waals surface area contributed by atoms with Gasteiger partial charge in [-0.25, -0.2) is 0 Å². The summed E-state index contributed by atoms with van der Waals surface area (Å²) < 4.78 is 0. The molecule has 2 heteroatoms. The van der Waals surface area contributed by atoms with Gasteiger partial charge in [0.25, 0.3) is 0 Å². The second kappa shape index (κ2) is 6.80. The third-order valence-electron chi connectivity index (χ3n) is 3.34. The van der Waals surface area contributed by atoms with Crippen LogP contribution in [0.4, 0.5) is 0 Å². The van der Waals surface area contributed by atoms with Crippen molar-refractivity contribution in [2.24, 2.45) is 0 Å². The smallest absolute Gasteiger partial charge is 0.163 e. The first-order valence-corrected chi connectivity index (χ1v) is 6.91. The van der Waals surface area contributed by atoms with Crippen molar-refractivity contribution in [1.82, 2.24) is 0 Å². The maximum atomic E-state index is 12.0. The van der Waals surface area contributed by atoms with E-state index in [9.17, 15) is 9.59 Å². The zero-order valence-corrected chi connectivity index (χ0v) is 11.6. The Morgan fingerprint density at radius 3 is 2.00 bits per heavy atom. The number of carbonyl (C=O) groups is 2. The Bertz CT molecular complexity index is 583. The summed E-state index contributed by atoms with van der Waals surface area (Å²) in [4.78, 5) is 23.2. The average Bonchev–Trinajstić information content (AvgIpc) is 2.53. The Morgan fingerprint density at radius 2 is 1.40 bits per heavy atom. The normalized spacial score (nSPS) is 10.2. The molecule has 20 heavy (non-hydrogen) atoms. The number of rotatable bonds is 6. The van der Waals surface area contributed by atoms with Gasteiger partial charge in [0.15, 0.2) is 5.78 Å². The van der Waals surface area contributed by atoms with Crippen molar-refractivity contribution < 1.29 is 9.59 Å². The van der Waals surface area contributed by atoms with E-state index in [1.54, 1.807) is 0 Å². The predicted octanol–water partition coefficient (Wildman–Crippen LogP) is 4.30. The van der Waals surface area contributed by atoms with Crippen LogP contribution in [-0.4, -0.2) is 11.6 Å². The third-order valence-corrected chi connectivity index (χ3v) is 3.34. The highest BCUT2D eigenvalue weighted by Gasteiger charge is 2.08. The molecule has 0 saturated heterocycles. The molecule has 2 nitrogen and oxygen atoms in total. The van der Waals surface area contributed by atoms with Crippen molar-refractivity contribution in [3.05, 3.63) is 60.2 Å². The van der Waals surface area contributed by atoms with E-state index in [0.717, 1.165) is 11.1 Å². The molecule has 0 bridgehead atoms. The molecule has 0 N–H and O–H groups in total. The maximum absolute atomic E-state index is 12.0. The molecule has 0 fully saturated rings. The SMILES string of the molecule is CCC(=O)CCC(=O)c1ccc(-c2ccccc2)cc1. The number of hydrogen-bond donors (Lipinski definition) is 0. The molecule has 0 aliphatic carbocycles. The largest absolute Gasteiger partial charge is 0.300 e. The van der Waals surface area contributed by atoms with Gasteiger partial charge in [0.05, 0.1) is 0 Å². The molecule has 0 unspecified atom stereocenters. The van der Waals surface area contributed by atoms with E-state index in [4.69, 9.17) is 0 Å². The van der Waals surface area contributed by atoms with E-state index >= 15 is 0 Å². The summed E-state index contributed by atoms with van der Waals surface area (Å²) in [6, 6.07) is 17.6. The Labute approximate surface area is 119 Å². The fourth-order valence-corrected chi connectivity index (χ4v) is 2.05. The first kappa shape index (κ1) is 14.2. The van der Waals surface area contributed by atoms with Crippen LogP contribution in [0.5, 0.6) is 0 Å². The molecule has 0 aliphatic rings. The van der Waals surface area contributed by atoms with Gasteiger partial charge in [0, 0.05) is 24.8 Å². The molecule has 0 heterocycles. The minimum absolute atomic E-state index is 0.0337. The molecule has 0 aromatic heterocycles. The fraction of sp³-hybridized carbons (Fsp3) is 0.222. The van der Waals surface area contributed by atoms with E-state index in [0.29, 0.717) is 24.8 Å². The Hall–Kier alpha value is -2.22. The van der Waals surface area contributed by atoms with E-state index < -0.39 is 0 Å². The van der Waals surface area contributed by atoms with Gasteiger partial charge < -0.3 is 0 Å². The van der Waals surface area contributed by atoms with Crippen LogP contribution in [0.25, 0.3) is 11.1 Å². The first-order chi connectivity index (χ1) is 9.70. The fourth-order valence-electron chi connectivity index (χ4n) is 2.05. The average molecular weight is 266 g/mol. The summed E-state index contributed by atoms with van der Waals surface area (Å²) in [5, 5.41) is 0. The monoisotopic (exact) mass is 266 g/mol. The summed E-state index contributed by atoms with van der Waals surface area (Å²) in [7, 11) is 0. The molecule has 2 aromatic carbocycles. The number of Topliss-reactive ketones (excluding diaryl/α,β-unsaturated/α-hetero) is 2. The van der Waals surface area contributed by atoms with Crippen LogP contribution in [-0.2, 0) is 4.79 Å². The van der Waals surface area contributed by atoms with Gasteiger partial charge in [0.2, 0.25) is 0 Å². The van der Waals surface area contributed by atoms with Crippen molar-refractivity contribution in [1.29, 1.82) is 0 Å². The molecule has 2 aromatic rings. The van der Waals surface area contributed by atoms with Crippen molar-refractivity contribution in [2.75, 3.05) is 0 Å². The summed E-state index contributed by atoms with van der Waals surface area (Å²) in [6.45, 7) is 1.82. The van der Waals surface area contributed by atoms with Gasteiger partial charge in [-0.1, -0.05) is 61.5 Å². The number of hydrogen-bond acceptors (Lipinski definition) is 2. The molecule has 0 amide bonds. The lowest BCUT2D eigenvalue weighted by Gasteiger charge is -2.04. The van der Waals surface area contributed by atoms with Crippen molar-refractivity contribution in [2.45, 2.75) is 26.2 Å². The molecule has 0 radical (unpaired) electrons. The highest BCUT2D eigenvalue weighted by Crippen LogP contribution is 2.19. The van der Waals surface area contributed by atoms with E-state index in [1.165, 1.54) is 0 Å². The van der Waals surface area contributed by atoms with Crippen LogP contribution >= 0.6 is 0 Å². The maximum Gasteiger partial charge on any atom is 0.163 e. The number of benzene rings is 2. The molecular formula is C18H18O2. The lowest BCUT2D eigenvalue weighted by atomic mass is 10.00. The molecule has 102 valence electrons. The zero-order chi connectivity index (χ0) is 14.4. The van der Waals surface area contributed by atoms with E-state index in [-0.39, 0.29) is 11.6 Å². The van der Waals surface area contributed by atoms with Gasteiger partial charge in [-0.3, -0.25) is 9.59 Å². The summed E-state index contributed by atoms with van der Waals surface area (Å²) in [6.07, 6.45) is 1.15. The van der Waals surface area contributed by atoms with Crippen LogP contribution in [0.15, 0.2) is 54.6 Å². The summed E-state index contributed by atoms with van der Waals surface area (Å²) >= 11 is 0.